The largest absolute Gasteiger partial charge is 0.481 e. The quantitative estimate of drug-likeness (QED) is 0.0605. The zero-order valence-corrected chi connectivity index (χ0v) is 24.4. The first-order valence-corrected chi connectivity index (χ1v) is 15.8. The Morgan fingerprint density at radius 2 is 1.05 bits per heavy atom. The Morgan fingerprint density at radius 1 is 0.676 bits per heavy atom. The summed E-state index contributed by atoms with van der Waals surface area (Å²) in [5.74, 6) is -2.29. The molecule has 0 saturated heterocycles. The minimum absolute atomic E-state index is 0.119. The van der Waals surface area contributed by atoms with Crippen LogP contribution in [0.2, 0.25) is 0 Å². The number of carbonyl (C=O) groups excluding carboxylic acids is 1. The van der Waals surface area contributed by atoms with Gasteiger partial charge in [-0.05, 0) is 12.8 Å². The number of hydrogen-bond donors (Lipinski definition) is 1. The van der Waals surface area contributed by atoms with Gasteiger partial charge in [0.25, 0.3) is 0 Å². The van der Waals surface area contributed by atoms with Crippen molar-refractivity contribution < 1.29 is 19.4 Å². The molecular weight excluding hydrogens is 460 g/mol. The molecule has 0 saturated carbocycles. The average molecular weight is 521 g/mol. The summed E-state index contributed by atoms with van der Waals surface area (Å²) in [5.41, 5.74) is 0. The van der Waals surface area contributed by atoms with Gasteiger partial charge >= 0.3 is 11.9 Å². The van der Waals surface area contributed by atoms with Gasteiger partial charge in [0.15, 0.2) is 0 Å². The van der Waals surface area contributed by atoms with E-state index in [0.717, 1.165) is 12.8 Å². The summed E-state index contributed by atoms with van der Waals surface area (Å²) in [4.78, 5) is 22.9. The first-order valence-electron chi connectivity index (χ1n) is 15.8. The number of carbonyl (C=O) groups is 2. The third-order valence-corrected chi connectivity index (χ3v) is 7.16. The predicted molar refractivity (Wildman–Crippen MR) is 158 cm³/mol. The predicted octanol–water partition coefficient (Wildman–Crippen LogP) is 10.4. The Hall–Kier alpha value is -1.58. The Labute approximate surface area is 229 Å². The molecule has 1 unspecified atom stereocenters. The highest BCUT2D eigenvalue weighted by Gasteiger charge is 2.18. The second-order valence-corrected chi connectivity index (χ2v) is 10.8. The molecule has 0 aromatic rings. The van der Waals surface area contributed by atoms with E-state index in [1.54, 1.807) is 6.08 Å². The number of unbranched alkanes of at least 4 members (excludes halogenated alkanes) is 22. The van der Waals surface area contributed by atoms with E-state index in [1.165, 1.54) is 141 Å². The maximum Gasteiger partial charge on any atom is 0.310 e. The number of esters is 1. The molecule has 0 amide bonds. The van der Waals surface area contributed by atoms with Crippen molar-refractivity contribution in [2.45, 2.75) is 161 Å². The molecule has 216 valence electrons. The van der Waals surface area contributed by atoms with Crippen molar-refractivity contribution in [3.8, 4) is 0 Å². The lowest BCUT2D eigenvalue weighted by molar-refractivity contribution is -0.149. The molecule has 1 N–H and O–H groups in total. The molecule has 0 spiro atoms. The highest BCUT2D eigenvalue weighted by Crippen LogP contribution is 2.16. The number of carboxylic acid groups (broad SMARTS) is 1. The minimum Gasteiger partial charge on any atom is -0.481 e. The summed E-state index contributed by atoms with van der Waals surface area (Å²) in [5, 5.41) is 9.25. The van der Waals surface area contributed by atoms with E-state index in [1.807, 2.05) is 6.08 Å². The molecule has 37 heavy (non-hydrogen) atoms. The zero-order valence-electron chi connectivity index (χ0n) is 24.4. The number of aliphatic carboxylic acids is 1. The first kappa shape index (κ1) is 35.4. The van der Waals surface area contributed by atoms with Crippen molar-refractivity contribution in [3.63, 3.8) is 0 Å². The number of allylic oxidation sites excluding steroid dienone is 1. The number of rotatable bonds is 29. The number of ether oxygens (including phenoxy) is 1. The van der Waals surface area contributed by atoms with Crippen molar-refractivity contribution in [1.29, 1.82) is 0 Å². The Morgan fingerprint density at radius 3 is 1.41 bits per heavy atom. The standard InChI is InChI=1S/C33H60O4/c1-3-5-6-7-8-9-10-11-12-13-14-15-16-17-18-19-20-21-22-23-24-25-26-27-28-31(33(35)36)30-32(34)37-29-4-2/h4,27-28,31H,2-3,5-26,29-30H2,1H3,(H,35,36)/b28-27+. The van der Waals surface area contributed by atoms with Gasteiger partial charge in [0.1, 0.15) is 6.61 Å². The maximum absolute atomic E-state index is 11.6. The Balaban J connectivity index is 3.36. The molecular formula is C33H60O4. The second kappa shape index (κ2) is 29.0. The summed E-state index contributed by atoms with van der Waals surface area (Å²) in [7, 11) is 0. The van der Waals surface area contributed by atoms with Crippen molar-refractivity contribution in [2.24, 2.45) is 5.92 Å². The second-order valence-electron chi connectivity index (χ2n) is 10.8. The normalized spacial score (nSPS) is 12.1. The maximum atomic E-state index is 11.6. The Bertz CT molecular complexity index is 555. The molecule has 4 nitrogen and oxygen atoms in total. The highest BCUT2D eigenvalue weighted by atomic mass is 16.5. The Kier molecular flexibility index (Phi) is 27.7. The van der Waals surface area contributed by atoms with Gasteiger partial charge in [0, 0.05) is 0 Å². The van der Waals surface area contributed by atoms with Gasteiger partial charge in [-0.25, -0.2) is 0 Å². The zero-order chi connectivity index (χ0) is 27.2. The fraction of sp³-hybridized carbons (Fsp3) is 0.818. The SMILES string of the molecule is C=CCOC(=O)CC(/C=C/CCCCCCCCCCCCCCCCCCCCCCCC)C(=O)O. The first-order chi connectivity index (χ1) is 18.1. The van der Waals surface area contributed by atoms with Crippen molar-refractivity contribution in [3.05, 3.63) is 24.8 Å². The van der Waals surface area contributed by atoms with Crippen molar-refractivity contribution in [2.75, 3.05) is 6.61 Å². The van der Waals surface area contributed by atoms with Crippen LogP contribution in [0, 0.1) is 5.92 Å². The molecule has 1 atom stereocenters. The van der Waals surface area contributed by atoms with E-state index in [4.69, 9.17) is 4.74 Å². The van der Waals surface area contributed by atoms with Crippen LogP contribution in [-0.2, 0) is 14.3 Å². The van der Waals surface area contributed by atoms with Gasteiger partial charge in [0.05, 0.1) is 12.3 Å². The van der Waals surface area contributed by atoms with Gasteiger partial charge in [-0.1, -0.05) is 167 Å². The van der Waals surface area contributed by atoms with Gasteiger partial charge in [-0.3, -0.25) is 9.59 Å². The van der Waals surface area contributed by atoms with Crippen LogP contribution in [0.25, 0.3) is 0 Å². The highest BCUT2D eigenvalue weighted by molar-refractivity contribution is 5.80. The van der Waals surface area contributed by atoms with Crippen LogP contribution in [0.5, 0.6) is 0 Å². The van der Waals surface area contributed by atoms with E-state index in [0.29, 0.717) is 0 Å². The van der Waals surface area contributed by atoms with Crippen LogP contribution in [-0.4, -0.2) is 23.7 Å². The third kappa shape index (κ3) is 27.3. The molecule has 0 aromatic carbocycles. The molecule has 4 heteroatoms. The topological polar surface area (TPSA) is 63.6 Å². The molecule has 0 aromatic heterocycles. The minimum atomic E-state index is -0.985. The smallest absolute Gasteiger partial charge is 0.310 e. The molecule has 0 aliphatic carbocycles. The lowest BCUT2D eigenvalue weighted by atomic mass is 10.0. The molecule has 0 heterocycles. The van der Waals surface area contributed by atoms with Gasteiger partial charge in [-0.2, -0.15) is 0 Å². The average Bonchev–Trinajstić information content (AvgIpc) is 2.89. The van der Waals surface area contributed by atoms with Crippen LogP contribution >= 0.6 is 0 Å². The summed E-state index contributed by atoms with van der Waals surface area (Å²) in [6.45, 7) is 5.88. The van der Waals surface area contributed by atoms with Crippen LogP contribution in [0.3, 0.4) is 0 Å². The lowest BCUT2D eigenvalue weighted by Gasteiger charge is -2.07. The van der Waals surface area contributed by atoms with Crippen molar-refractivity contribution >= 4 is 11.9 Å². The summed E-state index contributed by atoms with van der Waals surface area (Å²) in [6.07, 6.45) is 36.1. The molecule has 0 aliphatic rings. The number of carboxylic acids is 1. The summed E-state index contributed by atoms with van der Waals surface area (Å²) >= 11 is 0. The summed E-state index contributed by atoms with van der Waals surface area (Å²) < 4.78 is 4.87. The van der Waals surface area contributed by atoms with E-state index >= 15 is 0 Å². The lowest BCUT2D eigenvalue weighted by Crippen LogP contribution is -2.17. The fourth-order valence-electron chi connectivity index (χ4n) is 4.76. The summed E-state index contributed by atoms with van der Waals surface area (Å²) in [6, 6.07) is 0. The molecule has 0 rings (SSSR count). The van der Waals surface area contributed by atoms with Gasteiger partial charge < -0.3 is 9.84 Å². The van der Waals surface area contributed by atoms with E-state index in [2.05, 4.69) is 13.5 Å². The molecule has 0 aliphatic heterocycles. The van der Waals surface area contributed by atoms with E-state index < -0.39 is 17.9 Å². The van der Waals surface area contributed by atoms with E-state index in [9.17, 15) is 14.7 Å². The number of hydrogen-bond acceptors (Lipinski definition) is 3. The van der Waals surface area contributed by atoms with Crippen LogP contribution in [0.4, 0.5) is 0 Å². The van der Waals surface area contributed by atoms with Gasteiger partial charge in [-0.15, -0.1) is 0 Å². The van der Waals surface area contributed by atoms with Crippen LogP contribution in [0.15, 0.2) is 24.8 Å². The fourth-order valence-corrected chi connectivity index (χ4v) is 4.76. The van der Waals surface area contributed by atoms with Gasteiger partial charge in [0.2, 0.25) is 0 Å². The van der Waals surface area contributed by atoms with E-state index in [-0.39, 0.29) is 13.0 Å². The third-order valence-electron chi connectivity index (χ3n) is 7.16. The molecule has 0 bridgehead atoms. The van der Waals surface area contributed by atoms with Crippen LogP contribution < -0.4 is 0 Å². The molecule has 0 fully saturated rings. The van der Waals surface area contributed by atoms with Crippen LogP contribution in [0.1, 0.15) is 161 Å². The van der Waals surface area contributed by atoms with Crippen molar-refractivity contribution in [1.82, 2.24) is 0 Å². The monoisotopic (exact) mass is 520 g/mol. The molecule has 0 radical (unpaired) electrons.